The van der Waals surface area contributed by atoms with E-state index in [0.717, 1.165) is 19.1 Å². The average molecular weight is 321 g/mol. The highest BCUT2D eigenvalue weighted by Crippen LogP contribution is 2.36. The Morgan fingerprint density at radius 2 is 1.74 bits per heavy atom. The molecule has 1 aromatic carbocycles. The van der Waals surface area contributed by atoms with Gasteiger partial charge in [-0.05, 0) is 13.0 Å². The van der Waals surface area contributed by atoms with Crippen LogP contribution in [0.4, 0.5) is 17.1 Å². The summed E-state index contributed by atoms with van der Waals surface area (Å²) in [4.78, 5) is 55.3. The normalized spacial score (nSPS) is 14.4. The number of hydrogen-bond donors (Lipinski definition) is 1. The first kappa shape index (κ1) is 15.8. The molecule has 2 rings (SSSR count). The number of anilines is 1. The number of nitro groups is 2. The van der Waals surface area contributed by atoms with Crippen LogP contribution in [0.1, 0.15) is 6.92 Å². The van der Waals surface area contributed by atoms with E-state index in [1.54, 1.807) is 0 Å². The van der Waals surface area contributed by atoms with Gasteiger partial charge < -0.3 is 5.11 Å². The van der Waals surface area contributed by atoms with E-state index in [1.165, 1.54) is 0 Å². The molecule has 0 atom stereocenters. The van der Waals surface area contributed by atoms with E-state index in [-0.39, 0.29) is 4.90 Å². The number of hydrogen-bond acceptors (Lipinski definition) is 8. The Bertz CT molecular complexity index is 826. The number of rotatable bonds is 4. The molecule has 1 heterocycles. The van der Waals surface area contributed by atoms with Crippen molar-refractivity contribution in [1.82, 2.24) is 0 Å². The highest BCUT2D eigenvalue weighted by atomic mass is 16.6. The van der Waals surface area contributed by atoms with Gasteiger partial charge in [-0.25, -0.2) is 4.90 Å². The van der Waals surface area contributed by atoms with Crippen molar-refractivity contribution in [2.24, 2.45) is 0 Å². The lowest BCUT2D eigenvalue weighted by molar-refractivity contribution is -0.393. The molecule has 11 heteroatoms. The number of aliphatic hydroxyl groups is 1. The Hall–Kier alpha value is -3.63. The molecule has 2 amide bonds. The topological polar surface area (TPSA) is 161 Å². The number of carbonyl (C=O) groups excluding carboxylic acids is 3. The summed E-state index contributed by atoms with van der Waals surface area (Å²) in [6.45, 7) is 0.935. The minimum absolute atomic E-state index is 0.230. The van der Waals surface area contributed by atoms with Crippen molar-refractivity contribution in [3.05, 3.63) is 49.8 Å². The summed E-state index contributed by atoms with van der Waals surface area (Å²) in [6, 6.07) is 2.24. The quantitative estimate of drug-likeness (QED) is 0.368. The number of ketones is 1. The second kappa shape index (κ2) is 5.29. The van der Waals surface area contributed by atoms with Crippen molar-refractivity contribution in [1.29, 1.82) is 0 Å². The fraction of sp³-hybridized carbons (Fsp3) is 0.0833. The van der Waals surface area contributed by atoms with Gasteiger partial charge in [0.1, 0.15) is 11.3 Å². The largest absolute Gasteiger partial charge is 0.502 e. The van der Waals surface area contributed by atoms with Gasteiger partial charge in [0.05, 0.1) is 15.9 Å². The SMILES string of the molecule is CC(=O)C1=C(O)C(=O)N(c2ccc([N+](=O)[O-])cc2[N+](=O)[O-])C1=O. The van der Waals surface area contributed by atoms with E-state index < -0.39 is 55.8 Å². The molecule has 0 fully saturated rings. The van der Waals surface area contributed by atoms with Crippen molar-refractivity contribution in [3.63, 3.8) is 0 Å². The zero-order chi connectivity index (χ0) is 17.5. The number of carbonyl (C=O) groups is 3. The zero-order valence-corrected chi connectivity index (χ0v) is 11.4. The molecule has 0 unspecified atom stereocenters. The number of non-ortho nitro benzene ring substituents is 1. The third-order valence-corrected chi connectivity index (χ3v) is 3.02. The van der Waals surface area contributed by atoms with Crippen molar-refractivity contribution in [2.45, 2.75) is 6.92 Å². The lowest BCUT2D eigenvalue weighted by Gasteiger charge is -2.14. The molecule has 0 spiro atoms. The van der Waals surface area contributed by atoms with Gasteiger partial charge in [0, 0.05) is 6.07 Å². The van der Waals surface area contributed by atoms with Crippen molar-refractivity contribution >= 4 is 34.7 Å². The third-order valence-electron chi connectivity index (χ3n) is 3.02. The fourth-order valence-electron chi connectivity index (χ4n) is 2.01. The highest BCUT2D eigenvalue weighted by Gasteiger charge is 2.44. The van der Waals surface area contributed by atoms with Crippen LogP contribution in [-0.2, 0) is 14.4 Å². The second-order valence-corrected chi connectivity index (χ2v) is 4.41. The van der Waals surface area contributed by atoms with Gasteiger partial charge in [-0.1, -0.05) is 0 Å². The summed E-state index contributed by atoms with van der Waals surface area (Å²) in [5, 5.41) is 31.3. The van der Waals surface area contributed by atoms with Crippen LogP contribution in [0.5, 0.6) is 0 Å². The van der Waals surface area contributed by atoms with Crippen molar-refractivity contribution in [3.8, 4) is 0 Å². The maximum atomic E-state index is 12.1. The summed E-state index contributed by atoms with van der Waals surface area (Å²) in [5.74, 6) is -4.59. The molecule has 0 aliphatic carbocycles. The molecule has 1 aliphatic heterocycles. The van der Waals surface area contributed by atoms with Crippen LogP contribution in [0, 0.1) is 20.2 Å². The van der Waals surface area contributed by atoms with Crippen LogP contribution < -0.4 is 4.90 Å². The molecular weight excluding hydrogens is 314 g/mol. The maximum Gasteiger partial charge on any atom is 0.301 e. The van der Waals surface area contributed by atoms with Gasteiger partial charge in [-0.2, -0.15) is 0 Å². The summed E-state index contributed by atoms with van der Waals surface area (Å²) in [7, 11) is 0. The Balaban J connectivity index is 2.62. The molecule has 0 saturated carbocycles. The lowest BCUT2D eigenvalue weighted by atomic mass is 10.1. The van der Waals surface area contributed by atoms with E-state index in [9.17, 15) is 39.7 Å². The fourth-order valence-corrected chi connectivity index (χ4v) is 2.01. The minimum Gasteiger partial charge on any atom is -0.502 e. The molecule has 0 aromatic heterocycles. The van der Waals surface area contributed by atoms with Crippen LogP contribution in [0.3, 0.4) is 0 Å². The lowest BCUT2D eigenvalue weighted by Crippen LogP contribution is -2.33. The summed E-state index contributed by atoms with van der Waals surface area (Å²) < 4.78 is 0. The summed E-state index contributed by atoms with van der Waals surface area (Å²) in [6.07, 6.45) is 0. The molecule has 23 heavy (non-hydrogen) atoms. The molecule has 11 nitrogen and oxygen atoms in total. The number of imide groups is 1. The number of benzene rings is 1. The number of Topliss-reactive ketones (excluding diaryl/α,β-unsaturated/α-hetero) is 1. The number of aliphatic hydroxyl groups excluding tert-OH is 1. The molecule has 1 aromatic rings. The van der Waals surface area contributed by atoms with Gasteiger partial charge in [0.2, 0.25) is 0 Å². The zero-order valence-electron chi connectivity index (χ0n) is 11.4. The van der Waals surface area contributed by atoms with E-state index in [0.29, 0.717) is 6.07 Å². The van der Waals surface area contributed by atoms with Gasteiger partial charge in [0.25, 0.3) is 17.3 Å². The van der Waals surface area contributed by atoms with Crippen LogP contribution in [0.15, 0.2) is 29.5 Å². The molecule has 0 saturated heterocycles. The van der Waals surface area contributed by atoms with Crippen LogP contribution >= 0.6 is 0 Å². The Labute approximate surface area is 126 Å². The minimum atomic E-state index is -1.32. The summed E-state index contributed by atoms with van der Waals surface area (Å²) >= 11 is 0. The van der Waals surface area contributed by atoms with Gasteiger partial charge in [0.15, 0.2) is 11.5 Å². The summed E-state index contributed by atoms with van der Waals surface area (Å²) in [5.41, 5.74) is -2.90. The van der Waals surface area contributed by atoms with E-state index in [2.05, 4.69) is 0 Å². The average Bonchev–Trinajstić information content (AvgIpc) is 2.68. The molecule has 1 aliphatic rings. The molecular formula is C12H7N3O8. The van der Waals surface area contributed by atoms with Gasteiger partial charge >= 0.3 is 5.91 Å². The van der Waals surface area contributed by atoms with Crippen LogP contribution in [0.2, 0.25) is 0 Å². The predicted molar refractivity (Wildman–Crippen MR) is 72.6 cm³/mol. The maximum absolute atomic E-state index is 12.1. The highest BCUT2D eigenvalue weighted by molar-refractivity contribution is 6.40. The van der Waals surface area contributed by atoms with Crippen LogP contribution in [-0.4, -0.2) is 32.6 Å². The number of nitrogens with zero attached hydrogens (tertiary/aromatic N) is 3. The van der Waals surface area contributed by atoms with Crippen molar-refractivity contribution < 1.29 is 29.3 Å². The smallest absolute Gasteiger partial charge is 0.301 e. The van der Waals surface area contributed by atoms with Crippen LogP contribution in [0.25, 0.3) is 0 Å². The van der Waals surface area contributed by atoms with Gasteiger partial charge in [-0.3, -0.25) is 34.6 Å². The number of nitro benzene ring substituents is 2. The third kappa shape index (κ3) is 2.39. The first-order valence-corrected chi connectivity index (χ1v) is 5.92. The first-order valence-electron chi connectivity index (χ1n) is 5.92. The Morgan fingerprint density at radius 1 is 1.13 bits per heavy atom. The predicted octanol–water partition coefficient (Wildman–Crippen LogP) is 0.777. The first-order chi connectivity index (χ1) is 10.7. The van der Waals surface area contributed by atoms with E-state index >= 15 is 0 Å². The monoisotopic (exact) mass is 321 g/mol. The molecule has 0 bridgehead atoms. The molecule has 118 valence electrons. The Kier molecular flexibility index (Phi) is 3.62. The molecule has 1 N–H and O–H groups in total. The van der Waals surface area contributed by atoms with Crippen molar-refractivity contribution in [2.75, 3.05) is 4.90 Å². The molecule has 0 radical (unpaired) electrons. The van der Waals surface area contributed by atoms with E-state index in [4.69, 9.17) is 0 Å². The number of amides is 2. The second-order valence-electron chi connectivity index (χ2n) is 4.41. The standard InChI is InChI=1S/C12H7N3O8/c1-5(16)9-10(17)12(19)13(11(9)18)7-3-2-6(14(20)21)4-8(7)15(22)23/h2-4,17H,1H3. The van der Waals surface area contributed by atoms with E-state index in [1.807, 2.05) is 0 Å². The Morgan fingerprint density at radius 3 is 2.17 bits per heavy atom. The van der Waals surface area contributed by atoms with Gasteiger partial charge in [-0.15, -0.1) is 0 Å².